The van der Waals surface area contributed by atoms with Crippen LogP contribution in [0.25, 0.3) is 0 Å². The Labute approximate surface area is 231 Å². The van der Waals surface area contributed by atoms with Crippen LogP contribution in [0.2, 0.25) is 0 Å². The molecule has 2 heterocycles. The van der Waals surface area contributed by atoms with Gasteiger partial charge in [0, 0.05) is 6.54 Å². The minimum atomic E-state index is -0.615. The van der Waals surface area contributed by atoms with Crippen molar-refractivity contribution in [2.45, 2.75) is 83.1 Å². The number of hydrogen-bond donors (Lipinski definition) is 1. The van der Waals surface area contributed by atoms with Crippen LogP contribution in [0, 0.1) is 17.8 Å². The fourth-order valence-electron chi connectivity index (χ4n) is 7.11. The van der Waals surface area contributed by atoms with E-state index < -0.39 is 5.97 Å². The summed E-state index contributed by atoms with van der Waals surface area (Å²) in [4.78, 5) is 16.5. The van der Waals surface area contributed by atoms with Crippen molar-refractivity contribution in [3.8, 4) is 0 Å². The van der Waals surface area contributed by atoms with E-state index in [1.165, 1.54) is 69.2 Å². The van der Waals surface area contributed by atoms with E-state index >= 15 is 0 Å². The maximum Gasteiger partial charge on any atom is 0.321 e. The number of rotatable bonds is 8. The van der Waals surface area contributed by atoms with E-state index in [-0.39, 0.29) is 6.04 Å². The average Bonchev–Trinajstić information content (AvgIpc) is 3.41. The van der Waals surface area contributed by atoms with Gasteiger partial charge in [0.15, 0.2) is 0 Å². The molecule has 0 amide bonds. The van der Waals surface area contributed by atoms with Gasteiger partial charge in [0.2, 0.25) is 0 Å². The van der Waals surface area contributed by atoms with Gasteiger partial charge in [-0.2, -0.15) is 0 Å². The molecule has 5 rings (SSSR count). The molecule has 0 radical (unpaired) electrons. The molecule has 3 aliphatic rings. The lowest BCUT2D eigenvalue weighted by Gasteiger charge is -2.33. The number of hydrogen-bond acceptors (Lipinski definition) is 3. The van der Waals surface area contributed by atoms with Crippen LogP contribution in [0.15, 0.2) is 60.7 Å². The maximum absolute atomic E-state index is 11.8. The molecule has 3 atom stereocenters. The van der Waals surface area contributed by atoms with E-state index in [1.807, 2.05) is 6.07 Å². The molecule has 0 aromatic heterocycles. The van der Waals surface area contributed by atoms with Crippen LogP contribution >= 0.6 is 0 Å². The summed E-state index contributed by atoms with van der Waals surface area (Å²) in [6.45, 7) is 6.82. The number of benzene rings is 2. The summed E-state index contributed by atoms with van der Waals surface area (Å²) in [5.74, 6) is 2.02. The van der Waals surface area contributed by atoms with E-state index in [4.69, 9.17) is 0 Å². The molecule has 1 N–H and O–H groups in total. The van der Waals surface area contributed by atoms with E-state index in [1.54, 1.807) is 0 Å². The third-order valence-electron chi connectivity index (χ3n) is 9.23. The molecule has 4 nitrogen and oxygen atoms in total. The molecule has 208 valence electrons. The number of carboxylic acids is 1. The lowest BCUT2D eigenvalue weighted by molar-refractivity contribution is -0.145. The van der Waals surface area contributed by atoms with Gasteiger partial charge in [-0.05, 0) is 106 Å². The number of carbonyl (C=O) groups is 1. The van der Waals surface area contributed by atoms with Crippen molar-refractivity contribution in [1.29, 1.82) is 0 Å². The SMILES string of the molecule is CC(Cc1ccccc1)CC1CCN(C)CC1.O=C(O)C(C1CCCCC1)N1CC[C@@H](c2ccccc2)C1. The van der Waals surface area contributed by atoms with Gasteiger partial charge in [0.25, 0.3) is 0 Å². The Balaban J connectivity index is 0.000000181. The number of piperidine rings is 1. The summed E-state index contributed by atoms with van der Waals surface area (Å²) in [5.41, 5.74) is 2.85. The number of nitrogens with zero attached hydrogens (tertiary/aromatic N) is 2. The second kappa shape index (κ2) is 14.8. The summed E-state index contributed by atoms with van der Waals surface area (Å²) >= 11 is 0. The first kappa shape index (κ1) is 28.8. The highest BCUT2D eigenvalue weighted by molar-refractivity contribution is 5.74. The van der Waals surface area contributed by atoms with Crippen molar-refractivity contribution in [2.24, 2.45) is 17.8 Å². The fraction of sp³-hybridized carbons (Fsp3) is 0.618. The van der Waals surface area contributed by atoms with Crippen LogP contribution in [-0.2, 0) is 11.2 Å². The highest BCUT2D eigenvalue weighted by atomic mass is 16.4. The second-order valence-electron chi connectivity index (χ2n) is 12.3. The Morgan fingerprint density at radius 1 is 0.868 bits per heavy atom. The minimum Gasteiger partial charge on any atom is -0.480 e. The molecule has 2 aromatic rings. The van der Waals surface area contributed by atoms with Gasteiger partial charge in [0.05, 0.1) is 0 Å². The average molecular weight is 519 g/mol. The Morgan fingerprint density at radius 2 is 1.50 bits per heavy atom. The monoisotopic (exact) mass is 518 g/mol. The van der Waals surface area contributed by atoms with Crippen molar-refractivity contribution >= 4 is 5.97 Å². The predicted octanol–water partition coefficient (Wildman–Crippen LogP) is 7.11. The van der Waals surface area contributed by atoms with Gasteiger partial charge >= 0.3 is 5.97 Å². The number of likely N-dealkylation sites (tertiary alicyclic amines) is 2. The highest BCUT2D eigenvalue weighted by Gasteiger charge is 2.38. The summed E-state index contributed by atoms with van der Waals surface area (Å²) < 4.78 is 0. The largest absolute Gasteiger partial charge is 0.480 e. The van der Waals surface area contributed by atoms with Gasteiger partial charge in [-0.3, -0.25) is 9.69 Å². The van der Waals surface area contributed by atoms with Crippen molar-refractivity contribution in [2.75, 3.05) is 33.2 Å². The molecule has 4 heteroatoms. The zero-order valence-electron chi connectivity index (χ0n) is 23.8. The van der Waals surface area contributed by atoms with Crippen molar-refractivity contribution in [3.63, 3.8) is 0 Å². The molecule has 3 fully saturated rings. The smallest absolute Gasteiger partial charge is 0.321 e. The van der Waals surface area contributed by atoms with Crippen molar-refractivity contribution < 1.29 is 9.90 Å². The van der Waals surface area contributed by atoms with E-state index in [0.717, 1.165) is 44.2 Å². The summed E-state index contributed by atoms with van der Waals surface area (Å²) in [5, 5.41) is 9.70. The van der Waals surface area contributed by atoms with Crippen LogP contribution in [0.3, 0.4) is 0 Å². The third kappa shape index (κ3) is 8.68. The molecule has 0 bridgehead atoms. The lowest BCUT2D eigenvalue weighted by Crippen LogP contribution is -2.45. The topological polar surface area (TPSA) is 43.8 Å². The second-order valence-corrected chi connectivity index (χ2v) is 12.3. The first-order chi connectivity index (χ1) is 18.5. The molecule has 2 unspecified atom stereocenters. The van der Waals surface area contributed by atoms with Gasteiger partial charge in [-0.15, -0.1) is 0 Å². The predicted molar refractivity (Wildman–Crippen MR) is 158 cm³/mol. The Kier molecular flexibility index (Phi) is 11.3. The van der Waals surface area contributed by atoms with Crippen LogP contribution < -0.4 is 0 Å². The minimum absolute atomic E-state index is 0.265. The molecule has 1 saturated carbocycles. The van der Waals surface area contributed by atoms with E-state index in [2.05, 4.69) is 78.4 Å². The molecule has 38 heavy (non-hydrogen) atoms. The van der Waals surface area contributed by atoms with E-state index in [0.29, 0.717) is 11.8 Å². The molecular formula is C34H50N2O2. The van der Waals surface area contributed by atoms with E-state index in [9.17, 15) is 9.90 Å². The molecule has 2 aliphatic heterocycles. The molecular weight excluding hydrogens is 468 g/mol. The van der Waals surface area contributed by atoms with Crippen LogP contribution in [0.5, 0.6) is 0 Å². The third-order valence-corrected chi connectivity index (χ3v) is 9.23. The number of carboxylic acid groups (broad SMARTS) is 1. The highest BCUT2D eigenvalue weighted by Crippen LogP contribution is 2.34. The van der Waals surface area contributed by atoms with Gasteiger partial charge < -0.3 is 10.0 Å². The molecule has 2 saturated heterocycles. The molecule has 2 aromatic carbocycles. The first-order valence-electron chi connectivity index (χ1n) is 15.2. The van der Waals surface area contributed by atoms with Crippen LogP contribution in [0.4, 0.5) is 0 Å². The summed E-state index contributed by atoms with van der Waals surface area (Å²) in [6, 6.07) is 21.2. The Bertz CT molecular complexity index is 935. The maximum atomic E-state index is 11.8. The number of aliphatic carboxylic acids is 1. The van der Waals surface area contributed by atoms with Crippen molar-refractivity contribution in [1.82, 2.24) is 9.80 Å². The zero-order valence-corrected chi connectivity index (χ0v) is 23.8. The summed E-state index contributed by atoms with van der Waals surface area (Å²) in [7, 11) is 2.24. The quantitative estimate of drug-likeness (QED) is 0.405. The van der Waals surface area contributed by atoms with Gasteiger partial charge in [-0.25, -0.2) is 0 Å². The fourth-order valence-corrected chi connectivity index (χ4v) is 7.11. The molecule has 1 aliphatic carbocycles. The van der Waals surface area contributed by atoms with Gasteiger partial charge in [0.1, 0.15) is 6.04 Å². The first-order valence-corrected chi connectivity index (χ1v) is 15.2. The Morgan fingerprint density at radius 3 is 2.13 bits per heavy atom. The van der Waals surface area contributed by atoms with Crippen LogP contribution in [0.1, 0.15) is 81.8 Å². The zero-order chi connectivity index (χ0) is 26.7. The lowest BCUT2D eigenvalue weighted by atomic mass is 9.83. The molecule has 0 spiro atoms. The van der Waals surface area contributed by atoms with Crippen LogP contribution in [-0.4, -0.2) is 60.1 Å². The standard InChI is InChI=1S/C18H25NO2.C16H25N/c20-18(21)17(15-9-5-2-6-10-15)19-12-11-16(13-19)14-7-3-1-4-8-14;1-14(12-15-6-4-3-5-7-15)13-16-8-10-17(2)11-9-16/h1,3-4,7-8,15-17H,2,5-6,9-13H2,(H,20,21);3-7,14,16H,8-13H2,1-2H3/t16-,17?;/m1./s1. The van der Waals surface area contributed by atoms with Crippen molar-refractivity contribution in [3.05, 3.63) is 71.8 Å². The summed E-state index contributed by atoms with van der Waals surface area (Å²) in [6.07, 6.45) is 12.4. The normalized spacial score (nSPS) is 23.4. The Hall–Kier alpha value is -2.17. The van der Waals surface area contributed by atoms with Gasteiger partial charge in [-0.1, -0.05) is 86.8 Å².